The molecular weight excluding hydrogens is 316 g/mol. The largest absolute Gasteiger partial charge is 0.279 e. The van der Waals surface area contributed by atoms with Crippen LogP contribution in [0.5, 0.6) is 0 Å². The van der Waals surface area contributed by atoms with Crippen molar-refractivity contribution in [3.8, 4) is 0 Å². The number of nitro groups is 1. The number of nitro benzene ring substituents is 1. The summed E-state index contributed by atoms with van der Waals surface area (Å²) < 4.78 is 27.7. The monoisotopic (exact) mass is 334 g/mol. The first-order chi connectivity index (χ1) is 10.9. The molecule has 0 bridgehead atoms. The Hall–Kier alpha value is -2.41. The number of aryl methyl sites for hydroxylation is 2. The Morgan fingerprint density at radius 2 is 1.61 bits per heavy atom. The summed E-state index contributed by atoms with van der Waals surface area (Å²) in [6, 6.07) is 10.6. The van der Waals surface area contributed by atoms with E-state index in [0.717, 1.165) is 17.2 Å². The smallest absolute Gasteiger partial charge is 0.270 e. The Morgan fingerprint density at radius 1 is 1.04 bits per heavy atom. The Labute approximate surface area is 135 Å². The van der Waals surface area contributed by atoms with Crippen LogP contribution < -0.4 is 4.72 Å². The topological polar surface area (TPSA) is 89.3 Å². The summed E-state index contributed by atoms with van der Waals surface area (Å²) in [5.41, 5.74) is 2.08. The minimum absolute atomic E-state index is 0.125. The maximum atomic E-state index is 12.6. The molecule has 0 aliphatic rings. The van der Waals surface area contributed by atoms with Crippen LogP contribution in [0.2, 0.25) is 0 Å². The second-order valence-electron chi connectivity index (χ2n) is 5.02. The second kappa shape index (κ2) is 6.78. The van der Waals surface area contributed by atoms with Gasteiger partial charge in [0.25, 0.3) is 15.7 Å². The van der Waals surface area contributed by atoms with E-state index in [1.807, 2.05) is 32.0 Å². The van der Waals surface area contributed by atoms with Gasteiger partial charge in [-0.3, -0.25) is 14.8 Å². The molecule has 2 aromatic rings. The Morgan fingerprint density at radius 3 is 2.13 bits per heavy atom. The van der Waals surface area contributed by atoms with Crippen LogP contribution in [-0.2, 0) is 22.9 Å². The number of benzene rings is 2. The van der Waals surface area contributed by atoms with E-state index in [9.17, 15) is 18.5 Å². The molecule has 7 heteroatoms. The van der Waals surface area contributed by atoms with E-state index < -0.39 is 14.9 Å². The van der Waals surface area contributed by atoms with Gasteiger partial charge in [0.15, 0.2) is 0 Å². The molecule has 122 valence electrons. The number of non-ortho nitro benzene ring substituents is 1. The van der Waals surface area contributed by atoms with Gasteiger partial charge >= 0.3 is 0 Å². The van der Waals surface area contributed by atoms with Crippen molar-refractivity contribution >= 4 is 21.4 Å². The zero-order valence-corrected chi connectivity index (χ0v) is 13.8. The number of nitrogens with zero attached hydrogens (tertiary/aromatic N) is 1. The summed E-state index contributed by atoms with van der Waals surface area (Å²) in [5.74, 6) is 0. The van der Waals surface area contributed by atoms with E-state index in [4.69, 9.17) is 0 Å². The zero-order chi connectivity index (χ0) is 17.0. The second-order valence-corrected chi connectivity index (χ2v) is 6.70. The van der Waals surface area contributed by atoms with Crippen molar-refractivity contribution < 1.29 is 13.3 Å². The van der Waals surface area contributed by atoms with E-state index in [0.29, 0.717) is 18.5 Å². The third-order valence-electron chi connectivity index (χ3n) is 3.57. The van der Waals surface area contributed by atoms with Crippen LogP contribution >= 0.6 is 0 Å². The van der Waals surface area contributed by atoms with Crippen LogP contribution in [0.25, 0.3) is 0 Å². The third kappa shape index (κ3) is 3.68. The molecule has 6 nitrogen and oxygen atoms in total. The summed E-state index contributed by atoms with van der Waals surface area (Å²) in [7, 11) is -3.89. The van der Waals surface area contributed by atoms with E-state index >= 15 is 0 Å². The molecule has 0 aliphatic heterocycles. The SMILES string of the molecule is CCc1cccc(CC)c1NS(=O)(=O)c1cccc([N+](=O)[O-])c1. The quantitative estimate of drug-likeness (QED) is 0.646. The molecule has 0 aromatic heterocycles. The van der Waals surface area contributed by atoms with Gasteiger partial charge in [0, 0.05) is 12.1 Å². The van der Waals surface area contributed by atoms with Crippen molar-refractivity contribution in [1.29, 1.82) is 0 Å². The summed E-state index contributed by atoms with van der Waals surface area (Å²) in [5, 5.41) is 10.8. The molecule has 23 heavy (non-hydrogen) atoms. The minimum atomic E-state index is -3.89. The van der Waals surface area contributed by atoms with Gasteiger partial charge in [0.1, 0.15) is 0 Å². The van der Waals surface area contributed by atoms with Crippen LogP contribution in [0.3, 0.4) is 0 Å². The first-order valence-electron chi connectivity index (χ1n) is 7.27. The Balaban J connectivity index is 2.47. The zero-order valence-electron chi connectivity index (χ0n) is 12.9. The molecule has 0 saturated heterocycles. The molecule has 0 unspecified atom stereocenters. The van der Waals surface area contributed by atoms with E-state index in [1.165, 1.54) is 18.2 Å². The van der Waals surface area contributed by atoms with Gasteiger partial charge < -0.3 is 0 Å². The van der Waals surface area contributed by atoms with Crippen molar-refractivity contribution in [2.75, 3.05) is 4.72 Å². The molecule has 0 spiro atoms. The lowest BCUT2D eigenvalue weighted by Gasteiger charge is -2.15. The number of hydrogen-bond donors (Lipinski definition) is 1. The van der Waals surface area contributed by atoms with Crippen LogP contribution in [-0.4, -0.2) is 13.3 Å². The van der Waals surface area contributed by atoms with Crippen LogP contribution in [0.15, 0.2) is 47.4 Å². The van der Waals surface area contributed by atoms with E-state index in [2.05, 4.69) is 4.72 Å². The first-order valence-corrected chi connectivity index (χ1v) is 8.75. The number of rotatable bonds is 6. The number of hydrogen-bond acceptors (Lipinski definition) is 4. The van der Waals surface area contributed by atoms with Gasteiger partial charge in [0.2, 0.25) is 0 Å². The highest BCUT2D eigenvalue weighted by atomic mass is 32.2. The average molecular weight is 334 g/mol. The maximum absolute atomic E-state index is 12.6. The van der Waals surface area contributed by atoms with Crippen molar-refractivity contribution in [2.24, 2.45) is 0 Å². The molecule has 0 fully saturated rings. The highest BCUT2D eigenvalue weighted by Crippen LogP contribution is 2.26. The fraction of sp³-hybridized carbons (Fsp3) is 0.250. The molecule has 0 heterocycles. The van der Waals surface area contributed by atoms with Gasteiger partial charge in [-0.15, -0.1) is 0 Å². The molecule has 2 aromatic carbocycles. The summed E-state index contributed by atoms with van der Waals surface area (Å²) in [6.07, 6.45) is 1.36. The highest BCUT2D eigenvalue weighted by Gasteiger charge is 2.20. The molecule has 2 rings (SSSR count). The summed E-state index contributed by atoms with van der Waals surface area (Å²) in [6.45, 7) is 3.89. The Kier molecular flexibility index (Phi) is 5.00. The minimum Gasteiger partial charge on any atom is -0.279 e. The molecule has 0 amide bonds. The van der Waals surface area contributed by atoms with E-state index in [-0.39, 0.29) is 10.6 Å². The van der Waals surface area contributed by atoms with E-state index in [1.54, 1.807) is 0 Å². The van der Waals surface area contributed by atoms with Crippen LogP contribution in [0.1, 0.15) is 25.0 Å². The van der Waals surface area contributed by atoms with Gasteiger partial charge in [-0.1, -0.05) is 38.1 Å². The highest BCUT2D eigenvalue weighted by molar-refractivity contribution is 7.92. The first kappa shape index (κ1) is 17.0. The third-order valence-corrected chi connectivity index (χ3v) is 4.92. The molecule has 0 aliphatic carbocycles. The molecular formula is C16H18N2O4S. The van der Waals surface area contributed by atoms with Gasteiger partial charge in [-0.2, -0.15) is 0 Å². The number of para-hydroxylation sites is 1. The molecule has 0 atom stereocenters. The lowest BCUT2D eigenvalue weighted by Crippen LogP contribution is -2.15. The van der Waals surface area contributed by atoms with Gasteiger partial charge in [-0.25, -0.2) is 8.42 Å². The predicted octanol–water partition coefficient (Wildman–Crippen LogP) is 3.52. The lowest BCUT2D eigenvalue weighted by molar-refractivity contribution is -0.385. The number of anilines is 1. The van der Waals surface area contributed by atoms with Crippen molar-refractivity contribution in [3.63, 3.8) is 0 Å². The fourth-order valence-corrected chi connectivity index (χ4v) is 3.51. The molecule has 1 N–H and O–H groups in total. The van der Waals surface area contributed by atoms with Crippen molar-refractivity contribution in [2.45, 2.75) is 31.6 Å². The number of sulfonamides is 1. The summed E-state index contributed by atoms with van der Waals surface area (Å²) >= 11 is 0. The Bertz CT molecular complexity index is 809. The van der Waals surface area contributed by atoms with Crippen LogP contribution in [0, 0.1) is 10.1 Å². The van der Waals surface area contributed by atoms with Crippen LogP contribution in [0.4, 0.5) is 11.4 Å². The number of nitrogens with one attached hydrogen (secondary N) is 1. The maximum Gasteiger partial charge on any atom is 0.270 e. The summed E-state index contributed by atoms with van der Waals surface area (Å²) in [4.78, 5) is 10.1. The fourth-order valence-electron chi connectivity index (χ4n) is 2.33. The molecule has 0 radical (unpaired) electrons. The van der Waals surface area contributed by atoms with Crippen molar-refractivity contribution in [3.05, 3.63) is 63.7 Å². The standard InChI is InChI=1S/C16H18N2O4S/c1-3-12-7-5-8-13(4-2)16(12)17-23(21,22)15-10-6-9-14(11-15)18(19)20/h5-11,17H,3-4H2,1-2H3. The lowest BCUT2D eigenvalue weighted by atomic mass is 10.0. The van der Waals surface area contributed by atoms with Gasteiger partial charge in [-0.05, 0) is 30.0 Å². The molecule has 0 saturated carbocycles. The van der Waals surface area contributed by atoms with Gasteiger partial charge in [0.05, 0.1) is 15.5 Å². The van der Waals surface area contributed by atoms with Crippen molar-refractivity contribution in [1.82, 2.24) is 0 Å². The normalized spacial score (nSPS) is 11.2. The predicted molar refractivity (Wildman–Crippen MR) is 89.1 cm³/mol. The average Bonchev–Trinajstić information content (AvgIpc) is 2.54.